The van der Waals surface area contributed by atoms with Gasteiger partial charge in [-0.05, 0) is 31.7 Å². The molecule has 0 aromatic rings. The van der Waals surface area contributed by atoms with Gasteiger partial charge in [-0.15, -0.1) is 0 Å². The van der Waals surface area contributed by atoms with Crippen LogP contribution < -0.4 is 5.32 Å². The summed E-state index contributed by atoms with van der Waals surface area (Å²) in [4.78, 5) is 0. The largest absolute Gasteiger partial charge is 0.313 e. The quantitative estimate of drug-likeness (QED) is 0.777. The van der Waals surface area contributed by atoms with Gasteiger partial charge in [0.05, 0.1) is 16.8 Å². The van der Waals surface area contributed by atoms with Gasteiger partial charge >= 0.3 is 0 Å². The van der Waals surface area contributed by atoms with Crippen LogP contribution in [0.4, 0.5) is 0 Å². The van der Waals surface area contributed by atoms with Crippen LogP contribution in [0.1, 0.15) is 33.1 Å². The molecule has 0 aliphatic heterocycles. The molecular formula is C12H25NO4S2. The molecule has 1 aliphatic rings. The van der Waals surface area contributed by atoms with Gasteiger partial charge in [-0.3, -0.25) is 0 Å². The lowest BCUT2D eigenvalue weighted by Gasteiger charge is -2.34. The number of sulfone groups is 2. The molecule has 1 fully saturated rings. The summed E-state index contributed by atoms with van der Waals surface area (Å²) in [6.45, 7) is 4.75. The second kappa shape index (κ2) is 6.54. The molecule has 5 nitrogen and oxygen atoms in total. The van der Waals surface area contributed by atoms with Crippen LogP contribution in [0, 0.1) is 5.92 Å². The van der Waals surface area contributed by atoms with E-state index in [4.69, 9.17) is 0 Å². The predicted molar refractivity (Wildman–Crippen MR) is 77.8 cm³/mol. The fraction of sp³-hybridized carbons (Fsp3) is 1.00. The zero-order valence-corrected chi connectivity index (χ0v) is 13.6. The Balaban J connectivity index is 2.82. The highest BCUT2D eigenvalue weighted by Crippen LogP contribution is 2.29. The first kappa shape index (κ1) is 16.9. The highest BCUT2D eigenvalue weighted by molar-refractivity contribution is 7.95. The second-order valence-corrected chi connectivity index (χ2v) is 10.2. The van der Waals surface area contributed by atoms with Crippen LogP contribution in [0.5, 0.6) is 0 Å². The molecule has 19 heavy (non-hydrogen) atoms. The topological polar surface area (TPSA) is 80.3 Å². The number of hydrogen-bond donors (Lipinski definition) is 1. The maximum absolute atomic E-state index is 12.4. The lowest BCUT2D eigenvalue weighted by atomic mass is 9.87. The zero-order valence-electron chi connectivity index (χ0n) is 11.9. The van der Waals surface area contributed by atoms with Gasteiger partial charge in [0.15, 0.2) is 9.84 Å². The first-order valence-electron chi connectivity index (χ1n) is 6.78. The lowest BCUT2D eigenvalue weighted by Crippen LogP contribution is -2.49. The molecule has 1 aliphatic carbocycles. The summed E-state index contributed by atoms with van der Waals surface area (Å²) < 4.78 is 47.0. The van der Waals surface area contributed by atoms with Crippen molar-refractivity contribution in [2.45, 2.75) is 44.4 Å². The Kier molecular flexibility index (Phi) is 5.82. The summed E-state index contributed by atoms with van der Waals surface area (Å²) in [7, 11) is -6.60. The number of nitrogens with one attached hydrogen (secondary N) is 1. The first-order valence-corrected chi connectivity index (χ1v) is 10.6. The predicted octanol–water partition coefficient (Wildman–Crippen LogP) is 0.613. The highest BCUT2D eigenvalue weighted by Gasteiger charge is 2.37. The minimum atomic E-state index is -3.36. The van der Waals surface area contributed by atoms with E-state index in [1.165, 1.54) is 0 Å². The van der Waals surface area contributed by atoms with Crippen LogP contribution in [0.2, 0.25) is 0 Å². The van der Waals surface area contributed by atoms with E-state index in [1.807, 2.05) is 6.92 Å². The Hall–Kier alpha value is -0.140. The molecule has 0 amide bonds. The van der Waals surface area contributed by atoms with Crippen molar-refractivity contribution in [3.05, 3.63) is 0 Å². The fourth-order valence-electron chi connectivity index (χ4n) is 2.64. The molecule has 0 aromatic carbocycles. The third-order valence-corrected chi connectivity index (χ3v) is 7.14. The fourth-order valence-corrected chi connectivity index (χ4v) is 6.44. The van der Waals surface area contributed by atoms with Crippen molar-refractivity contribution in [1.82, 2.24) is 5.32 Å². The third kappa shape index (κ3) is 5.39. The lowest BCUT2D eigenvalue weighted by molar-refractivity contribution is 0.311. The molecule has 114 valence electrons. The zero-order chi connectivity index (χ0) is 14.7. The third-order valence-electron chi connectivity index (χ3n) is 3.72. The van der Waals surface area contributed by atoms with Gasteiger partial charge in [-0.2, -0.15) is 0 Å². The Morgan fingerprint density at radius 2 is 1.74 bits per heavy atom. The molecule has 0 saturated heterocycles. The smallest absolute Gasteiger partial charge is 0.155 e. The van der Waals surface area contributed by atoms with Crippen LogP contribution in [0.25, 0.3) is 0 Å². The number of rotatable bonds is 6. The SMILES string of the molecule is CCNC1CCC(C)CC1S(=O)(=O)CCS(C)(=O)=O. The maximum Gasteiger partial charge on any atom is 0.155 e. The van der Waals surface area contributed by atoms with Gasteiger partial charge in [0.25, 0.3) is 0 Å². The van der Waals surface area contributed by atoms with Crippen LogP contribution >= 0.6 is 0 Å². The molecule has 0 aromatic heterocycles. The van der Waals surface area contributed by atoms with Crippen molar-refractivity contribution in [2.24, 2.45) is 5.92 Å². The summed E-state index contributed by atoms with van der Waals surface area (Å²) in [6.07, 6.45) is 3.57. The molecule has 3 unspecified atom stereocenters. The van der Waals surface area contributed by atoms with Gasteiger partial charge in [-0.25, -0.2) is 16.8 Å². The summed E-state index contributed by atoms with van der Waals surface area (Å²) in [6, 6.07) is -0.0363. The monoisotopic (exact) mass is 311 g/mol. The Bertz CT molecular complexity index is 484. The minimum Gasteiger partial charge on any atom is -0.313 e. The van der Waals surface area contributed by atoms with Crippen molar-refractivity contribution < 1.29 is 16.8 Å². The van der Waals surface area contributed by atoms with Gasteiger partial charge in [0.1, 0.15) is 9.84 Å². The van der Waals surface area contributed by atoms with E-state index in [9.17, 15) is 16.8 Å². The summed E-state index contributed by atoms with van der Waals surface area (Å²) in [5.74, 6) is -0.155. The van der Waals surface area contributed by atoms with E-state index in [0.717, 1.165) is 25.6 Å². The minimum absolute atomic E-state index is 0.0363. The van der Waals surface area contributed by atoms with E-state index >= 15 is 0 Å². The first-order chi connectivity index (χ1) is 8.65. The van der Waals surface area contributed by atoms with Gasteiger partial charge in [-0.1, -0.05) is 13.8 Å². The van der Waals surface area contributed by atoms with Crippen molar-refractivity contribution in [3.63, 3.8) is 0 Å². The second-order valence-electron chi connectivity index (χ2n) is 5.62. The summed E-state index contributed by atoms with van der Waals surface area (Å²) in [5.41, 5.74) is 0. The molecule has 3 atom stereocenters. The van der Waals surface area contributed by atoms with Crippen molar-refractivity contribution in [2.75, 3.05) is 24.3 Å². The van der Waals surface area contributed by atoms with Crippen molar-refractivity contribution >= 4 is 19.7 Å². The highest BCUT2D eigenvalue weighted by atomic mass is 32.2. The van der Waals surface area contributed by atoms with Crippen molar-refractivity contribution in [3.8, 4) is 0 Å². The molecular weight excluding hydrogens is 286 g/mol. The van der Waals surface area contributed by atoms with Crippen LogP contribution in [0.3, 0.4) is 0 Å². The maximum atomic E-state index is 12.4. The van der Waals surface area contributed by atoms with E-state index in [2.05, 4.69) is 12.2 Å². The molecule has 0 spiro atoms. The molecule has 7 heteroatoms. The Labute approximate surface area is 117 Å². The van der Waals surface area contributed by atoms with E-state index in [-0.39, 0.29) is 17.5 Å². The molecule has 1 N–H and O–H groups in total. The molecule has 1 rings (SSSR count). The van der Waals surface area contributed by atoms with Crippen LogP contribution in [0.15, 0.2) is 0 Å². The van der Waals surface area contributed by atoms with Gasteiger partial charge in [0.2, 0.25) is 0 Å². The Morgan fingerprint density at radius 1 is 1.11 bits per heavy atom. The molecule has 0 heterocycles. The van der Waals surface area contributed by atoms with Gasteiger partial charge in [0, 0.05) is 12.3 Å². The average Bonchev–Trinajstić information content (AvgIpc) is 2.28. The molecule has 0 radical (unpaired) electrons. The summed E-state index contributed by atoms with van der Waals surface area (Å²) in [5, 5.41) is 2.78. The normalized spacial score (nSPS) is 29.3. The van der Waals surface area contributed by atoms with Crippen LogP contribution in [-0.2, 0) is 19.7 Å². The van der Waals surface area contributed by atoms with E-state index in [1.54, 1.807) is 0 Å². The average molecular weight is 311 g/mol. The van der Waals surface area contributed by atoms with Crippen LogP contribution in [-0.4, -0.2) is 52.4 Å². The molecule has 1 saturated carbocycles. The van der Waals surface area contributed by atoms with E-state index < -0.39 is 24.9 Å². The standard InChI is InChI=1S/C12H25NO4S2/c1-4-13-11-6-5-10(2)9-12(11)19(16,17)8-7-18(3,14)15/h10-13H,4-9H2,1-3H3. The summed E-state index contributed by atoms with van der Waals surface area (Å²) >= 11 is 0. The van der Waals surface area contributed by atoms with Crippen molar-refractivity contribution in [1.29, 1.82) is 0 Å². The Morgan fingerprint density at radius 3 is 2.26 bits per heavy atom. The van der Waals surface area contributed by atoms with Gasteiger partial charge < -0.3 is 5.32 Å². The molecule has 0 bridgehead atoms. The number of hydrogen-bond acceptors (Lipinski definition) is 5. The van der Waals surface area contributed by atoms with E-state index in [0.29, 0.717) is 12.3 Å².